The number of carbonyl (C=O) groups is 2. The number of carbonyl (C=O) groups excluding carboxylic acids is 2. The Labute approximate surface area is 194 Å². The number of benzene rings is 1. The lowest BCUT2D eigenvalue weighted by molar-refractivity contribution is -0.129. The summed E-state index contributed by atoms with van der Waals surface area (Å²) < 4.78 is 0. The molecule has 0 aliphatic heterocycles. The van der Waals surface area contributed by atoms with Gasteiger partial charge in [0.1, 0.15) is 5.78 Å². The van der Waals surface area contributed by atoms with Crippen LogP contribution in [0.15, 0.2) is 30.3 Å². The zero-order chi connectivity index (χ0) is 22.5. The number of nitrogens with zero attached hydrogens (tertiary/aromatic N) is 2. The zero-order valence-corrected chi connectivity index (χ0v) is 19.5. The van der Waals surface area contributed by atoms with Gasteiger partial charge in [0.15, 0.2) is 5.82 Å². The first-order valence-electron chi connectivity index (χ1n) is 11.8. The fourth-order valence-electron chi connectivity index (χ4n) is 6.86. The summed E-state index contributed by atoms with van der Waals surface area (Å²) in [6.45, 7) is 4.05. The number of anilines is 1. The Hall–Kier alpha value is -2.27. The van der Waals surface area contributed by atoms with E-state index in [1.807, 2.05) is 19.1 Å². The van der Waals surface area contributed by atoms with E-state index >= 15 is 0 Å². The summed E-state index contributed by atoms with van der Waals surface area (Å²) in [5.74, 6) is 2.45. The standard InChI is InChI=1S/C26H30ClN3O2/c1-15-3-9-23(30-29-15)28-24(32)10-5-17-14-22(31)26(2)12-11-20-19-8-6-18(27)13-16(19)4-7-21(20)25(17)26/h3,6,8-9,13,17,20-21,25H,4-5,7,10-12,14H2,1-2H3,(H,28,30,32)/t17-,20?,21?,25?,26-/m1/s1. The number of rotatable bonds is 4. The molecule has 1 amide bonds. The van der Waals surface area contributed by atoms with Crippen molar-refractivity contribution in [1.29, 1.82) is 0 Å². The monoisotopic (exact) mass is 451 g/mol. The van der Waals surface area contributed by atoms with E-state index in [0.29, 0.717) is 42.2 Å². The Morgan fingerprint density at radius 1 is 1.22 bits per heavy atom. The lowest BCUT2D eigenvalue weighted by Crippen LogP contribution is -2.44. The number of Topliss-reactive ketones (excluding diaryl/α,β-unsaturated/α-hetero) is 1. The maximum absolute atomic E-state index is 13.1. The molecule has 32 heavy (non-hydrogen) atoms. The molecule has 0 saturated heterocycles. The van der Waals surface area contributed by atoms with Crippen LogP contribution in [0.5, 0.6) is 0 Å². The zero-order valence-electron chi connectivity index (χ0n) is 18.7. The first kappa shape index (κ1) is 21.6. The molecule has 5 nitrogen and oxygen atoms in total. The molecule has 0 bridgehead atoms. The molecule has 2 saturated carbocycles. The number of hydrogen-bond acceptors (Lipinski definition) is 4. The van der Waals surface area contributed by atoms with Gasteiger partial charge in [0, 0.05) is 23.3 Å². The van der Waals surface area contributed by atoms with Crippen molar-refractivity contribution in [3.8, 4) is 0 Å². The molecule has 5 rings (SSSR count). The fraction of sp³-hybridized carbons (Fsp3) is 0.538. The molecule has 0 spiro atoms. The molecule has 3 aliphatic carbocycles. The number of halogens is 1. The molecule has 1 N–H and O–H groups in total. The van der Waals surface area contributed by atoms with Crippen LogP contribution in [0.25, 0.3) is 0 Å². The summed E-state index contributed by atoms with van der Waals surface area (Å²) in [5.41, 5.74) is 3.38. The third-order valence-electron chi connectivity index (χ3n) is 8.34. The molecule has 0 radical (unpaired) electrons. The van der Waals surface area contributed by atoms with Gasteiger partial charge in [0.2, 0.25) is 5.91 Å². The van der Waals surface area contributed by atoms with E-state index in [1.165, 1.54) is 11.1 Å². The third-order valence-corrected chi connectivity index (χ3v) is 8.58. The SMILES string of the molecule is Cc1ccc(NC(=O)CC[C@@H]2CC(=O)[C@@]3(C)CCC4c5ccc(Cl)cc5CCC4C23)nn1. The maximum atomic E-state index is 13.1. The van der Waals surface area contributed by atoms with E-state index in [0.717, 1.165) is 42.8 Å². The van der Waals surface area contributed by atoms with Crippen molar-refractivity contribution in [3.63, 3.8) is 0 Å². The second kappa shape index (κ2) is 8.26. The smallest absolute Gasteiger partial charge is 0.225 e. The first-order valence-corrected chi connectivity index (χ1v) is 12.1. The van der Waals surface area contributed by atoms with Crippen molar-refractivity contribution in [3.05, 3.63) is 52.2 Å². The van der Waals surface area contributed by atoms with E-state index in [9.17, 15) is 9.59 Å². The van der Waals surface area contributed by atoms with Gasteiger partial charge in [-0.2, -0.15) is 5.10 Å². The summed E-state index contributed by atoms with van der Waals surface area (Å²) in [6, 6.07) is 9.94. The normalized spacial score (nSPS) is 30.9. The van der Waals surface area contributed by atoms with Gasteiger partial charge in [-0.1, -0.05) is 24.6 Å². The highest BCUT2D eigenvalue weighted by Crippen LogP contribution is 2.62. The molecule has 1 aromatic heterocycles. The van der Waals surface area contributed by atoms with Crippen molar-refractivity contribution in [2.24, 2.45) is 23.2 Å². The number of hydrogen-bond donors (Lipinski definition) is 1. The Kier molecular flexibility index (Phi) is 5.56. The predicted octanol–water partition coefficient (Wildman–Crippen LogP) is 5.51. The highest BCUT2D eigenvalue weighted by molar-refractivity contribution is 6.30. The van der Waals surface area contributed by atoms with Crippen LogP contribution in [0.3, 0.4) is 0 Å². The summed E-state index contributed by atoms with van der Waals surface area (Å²) in [6.07, 6.45) is 5.90. The highest BCUT2D eigenvalue weighted by atomic mass is 35.5. The molecule has 6 heteroatoms. The lowest BCUT2D eigenvalue weighted by Gasteiger charge is -2.50. The van der Waals surface area contributed by atoms with Gasteiger partial charge in [0.25, 0.3) is 0 Å². The Morgan fingerprint density at radius 3 is 2.84 bits per heavy atom. The van der Waals surface area contributed by atoms with Crippen LogP contribution in [-0.2, 0) is 16.0 Å². The van der Waals surface area contributed by atoms with E-state index in [1.54, 1.807) is 6.07 Å². The van der Waals surface area contributed by atoms with Crippen molar-refractivity contribution < 1.29 is 9.59 Å². The number of amides is 1. The Morgan fingerprint density at radius 2 is 2.06 bits per heavy atom. The van der Waals surface area contributed by atoms with Crippen LogP contribution in [0.4, 0.5) is 5.82 Å². The molecule has 1 heterocycles. The van der Waals surface area contributed by atoms with Crippen LogP contribution in [0, 0.1) is 30.1 Å². The summed E-state index contributed by atoms with van der Waals surface area (Å²) in [5, 5.41) is 11.7. The van der Waals surface area contributed by atoms with Crippen molar-refractivity contribution in [2.75, 3.05) is 5.32 Å². The average molecular weight is 452 g/mol. The van der Waals surface area contributed by atoms with Crippen LogP contribution < -0.4 is 5.32 Å². The van der Waals surface area contributed by atoms with Gasteiger partial charge in [-0.15, -0.1) is 5.10 Å². The molecule has 1 aromatic carbocycles. The van der Waals surface area contributed by atoms with E-state index in [2.05, 4.69) is 34.6 Å². The number of fused-ring (bicyclic) bond motifs is 5. The van der Waals surface area contributed by atoms with Crippen LogP contribution >= 0.6 is 11.6 Å². The minimum atomic E-state index is -0.241. The summed E-state index contributed by atoms with van der Waals surface area (Å²) in [4.78, 5) is 25.7. The second-order valence-corrected chi connectivity index (χ2v) is 10.6. The van der Waals surface area contributed by atoms with Gasteiger partial charge in [0.05, 0.1) is 5.69 Å². The quantitative estimate of drug-likeness (QED) is 0.665. The maximum Gasteiger partial charge on any atom is 0.225 e. The van der Waals surface area contributed by atoms with Crippen LogP contribution in [0.1, 0.15) is 68.2 Å². The minimum absolute atomic E-state index is 0.0554. The van der Waals surface area contributed by atoms with Crippen molar-refractivity contribution in [2.45, 2.75) is 64.7 Å². The van der Waals surface area contributed by atoms with E-state index < -0.39 is 0 Å². The molecule has 2 fully saturated rings. The van der Waals surface area contributed by atoms with Gasteiger partial charge in [-0.25, -0.2) is 0 Å². The number of aryl methyl sites for hydroxylation is 2. The third kappa shape index (κ3) is 3.75. The largest absolute Gasteiger partial charge is 0.309 e. The van der Waals surface area contributed by atoms with E-state index in [4.69, 9.17) is 11.6 Å². The van der Waals surface area contributed by atoms with Crippen LogP contribution in [0.2, 0.25) is 5.02 Å². The summed E-state index contributed by atoms with van der Waals surface area (Å²) >= 11 is 6.25. The van der Waals surface area contributed by atoms with Crippen molar-refractivity contribution in [1.82, 2.24) is 10.2 Å². The van der Waals surface area contributed by atoms with Gasteiger partial charge >= 0.3 is 0 Å². The fourth-order valence-corrected chi connectivity index (χ4v) is 7.06. The van der Waals surface area contributed by atoms with Gasteiger partial charge in [-0.3, -0.25) is 9.59 Å². The predicted molar refractivity (Wildman–Crippen MR) is 125 cm³/mol. The molecular weight excluding hydrogens is 422 g/mol. The number of ketones is 1. The van der Waals surface area contributed by atoms with Crippen molar-refractivity contribution >= 4 is 29.1 Å². The topological polar surface area (TPSA) is 72.0 Å². The molecular formula is C26H30ClN3O2. The Balaban J connectivity index is 1.32. The molecule has 5 atom stereocenters. The Bertz CT molecular complexity index is 1050. The first-order chi connectivity index (χ1) is 15.3. The number of aromatic nitrogens is 2. The summed E-state index contributed by atoms with van der Waals surface area (Å²) in [7, 11) is 0. The minimum Gasteiger partial charge on any atom is -0.309 e. The molecule has 3 unspecified atom stereocenters. The van der Waals surface area contributed by atoms with Gasteiger partial charge < -0.3 is 5.32 Å². The molecule has 3 aliphatic rings. The van der Waals surface area contributed by atoms with E-state index in [-0.39, 0.29) is 17.2 Å². The van der Waals surface area contributed by atoms with Crippen LogP contribution in [-0.4, -0.2) is 21.9 Å². The average Bonchev–Trinajstić information content (AvgIpc) is 3.03. The molecule has 2 aromatic rings. The second-order valence-electron chi connectivity index (χ2n) is 10.2. The number of nitrogens with one attached hydrogen (secondary N) is 1. The highest BCUT2D eigenvalue weighted by Gasteiger charge is 2.58. The van der Waals surface area contributed by atoms with Gasteiger partial charge in [-0.05, 0) is 98.1 Å². The molecule has 168 valence electrons. The lowest BCUT2D eigenvalue weighted by atomic mass is 9.54.